The smallest absolute Gasteiger partial charge is 0.323 e. The second-order valence-corrected chi connectivity index (χ2v) is 5.83. The second kappa shape index (κ2) is 5.33. The molecule has 1 unspecified atom stereocenters. The van der Waals surface area contributed by atoms with Crippen molar-refractivity contribution in [1.82, 2.24) is 4.90 Å². The minimum Gasteiger partial charge on any atom is -0.480 e. The summed E-state index contributed by atoms with van der Waals surface area (Å²) in [6, 6.07) is 6.26. The number of likely N-dealkylation sites (tertiary alicyclic amines) is 1. The maximum Gasteiger partial charge on any atom is 0.323 e. The highest BCUT2D eigenvalue weighted by molar-refractivity contribution is 5.78. The molecule has 0 aliphatic carbocycles. The molecule has 1 aliphatic rings. The van der Waals surface area contributed by atoms with Crippen molar-refractivity contribution >= 4 is 5.97 Å². The van der Waals surface area contributed by atoms with E-state index in [1.54, 1.807) is 0 Å². The van der Waals surface area contributed by atoms with Crippen molar-refractivity contribution in [2.24, 2.45) is 0 Å². The standard InChI is InChI=1S/C16H23NO2/c1-12-7-6-8-13(2)14(12)11-17-10-5-4-9-16(17,3)15(18)19/h6-8H,4-5,9-11H2,1-3H3,(H,18,19). The number of aliphatic carboxylic acids is 1. The third-order valence-electron chi connectivity index (χ3n) is 4.49. The van der Waals surface area contributed by atoms with Gasteiger partial charge in [0.1, 0.15) is 5.54 Å². The van der Waals surface area contributed by atoms with Gasteiger partial charge >= 0.3 is 5.97 Å². The van der Waals surface area contributed by atoms with Crippen LogP contribution in [-0.4, -0.2) is 28.1 Å². The monoisotopic (exact) mass is 261 g/mol. The summed E-state index contributed by atoms with van der Waals surface area (Å²) in [7, 11) is 0. The highest BCUT2D eigenvalue weighted by atomic mass is 16.4. The van der Waals surface area contributed by atoms with Gasteiger partial charge < -0.3 is 5.11 Å². The number of hydrogen-bond donors (Lipinski definition) is 1. The fourth-order valence-corrected chi connectivity index (χ4v) is 2.96. The van der Waals surface area contributed by atoms with Crippen molar-refractivity contribution in [3.05, 3.63) is 34.9 Å². The van der Waals surface area contributed by atoms with E-state index in [2.05, 4.69) is 36.9 Å². The molecule has 0 bridgehead atoms. The van der Waals surface area contributed by atoms with E-state index < -0.39 is 11.5 Å². The zero-order chi connectivity index (χ0) is 14.0. The van der Waals surface area contributed by atoms with Gasteiger partial charge in [0.2, 0.25) is 0 Å². The quantitative estimate of drug-likeness (QED) is 0.908. The topological polar surface area (TPSA) is 40.5 Å². The molecule has 1 saturated heterocycles. The maximum absolute atomic E-state index is 11.6. The van der Waals surface area contributed by atoms with Gasteiger partial charge in [-0.3, -0.25) is 9.69 Å². The molecule has 1 atom stereocenters. The molecular weight excluding hydrogens is 238 g/mol. The van der Waals surface area contributed by atoms with Crippen LogP contribution in [0.3, 0.4) is 0 Å². The molecule has 1 aromatic carbocycles. The Bertz CT molecular complexity index is 463. The van der Waals surface area contributed by atoms with Crippen LogP contribution >= 0.6 is 0 Å². The van der Waals surface area contributed by atoms with Gasteiger partial charge in [0.05, 0.1) is 0 Å². The van der Waals surface area contributed by atoms with E-state index in [0.29, 0.717) is 0 Å². The Morgan fingerprint density at radius 3 is 2.53 bits per heavy atom. The number of aryl methyl sites for hydroxylation is 2. The lowest BCUT2D eigenvalue weighted by atomic mass is 9.87. The minimum atomic E-state index is -0.715. The Hall–Kier alpha value is -1.35. The molecule has 3 nitrogen and oxygen atoms in total. The van der Waals surface area contributed by atoms with E-state index in [1.807, 2.05) is 6.92 Å². The number of carboxylic acid groups (broad SMARTS) is 1. The highest BCUT2D eigenvalue weighted by Crippen LogP contribution is 2.31. The lowest BCUT2D eigenvalue weighted by Crippen LogP contribution is -2.54. The number of benzene rings is 1. The van der Waals surface area contributed by atoms with Crippen LogP contribution in [0.15, 0.2) is 18.2 Å². The van der Waals surface area contributed by atoms with Crippen LogP contribution in [0.1, 0.15) is 42.9 Å². The fraction of sp³-hybridized carbons (Fsp3) is 0.562. The molecule has 104 valence electrons. The van der Waals surface area contributed by atoms with Gasteiger partial charge in [0, 0.05) is 6.54 Å². The van der Waals surface area contributed by atoms with Gasteiger partial charge in [-0.2, -0.15) is 0 Å². The van der Waals surface area contributed by atoms with E-state index in [1.165, 1.54) is 16.7 Å². The first-order chi connectivity index (χ1) is 8.95. The van der Waals surface area contributed by atoms with Crippen molar-refractivity contribution < 1.29 is 9.90 Å². The molecule has 1 aromatic rings. The number of carboxylic acids is 1. The molecule has 19 heavy (non-hydrogen) atoms. The summed E-state index contributed by atoms with van der Waals surface area (Å²) >= 11 is 0. The third-order valence-corrected chi connectivity index (χ3v) is 4.49. The lowest BCUT2D eigenvalue weighted by molar-refractivity contribution is -0.153. The molecule has 0 aromatic heterocycles. The van der Waals surface area contributed by atoms with Gasteiger partial charge in [-0.25, -0.2) is 0 Å². The van der Waals surface area contributed by atoms with Crippen LogP contribution in [0.5, 0.6) is 0 Å². The molecular formula is C16H23NO2. The van der Waals surface area contributed by atoms with Gasteiger partial charge in [-0.1, -0.05) is 18.2 Å². The van der Waals surface area contributed by atoms with Gasteiger partial charge in [0.15, 0.2) is 0 Å². The zero-order valence-electron chi connectivity index (χ0n) is 12.1. The van der Waals surface area contributed by atoms with Gasteiger partial charge in [0.25, 0.3) is 0 Å². The second-order valence-electron chi connectivity index (χ2n) is 5.83. The maximum atomic E-state index is 11.6. The summed E-state index contributed by atoms with van der Waals surface area (Å²) in [5.41, 5.74) is 3.06. The normalized spacial score (nSPS) is 24.4. The fourth-order valence-electron chi connectivity index (χ4n) is 2.96. The number of hydrogen-bond acceptors (Lipinski definition) is 2. The third kappa shape index (κ3) is 2.66. The predicted octanol–water partition coefficient (Wildman–Crippen LogP) is 3.13. The summed E-state index contributed by atoms with van der Waals surface area (Å²) in [6.07, 6.45) is 2.84. The first-order valence-corrected chi connectivity index (χ1v) is 6.98. The van der Waals surface area contributed by atoms with E-state index in [-0.39, 0.29) is 0 Å². The highest BCUT2D eigenvalue weighted by Gasteiger charge is 2.41. The molecule has 0 amide bonds. The van der Waals surface area contributed by atoms with E-state index in [0.717, 1.165) is 32.4 Å². The largest absolute Gasteiger partial charge is 0.480 e. The molecule has 2 rings (SSSR count). The summed E-state index contributed by atoms with van der Waals surface area (Å²) in [4.78, 5) is 13.7. The number of piperidine rings is 1. The first kappa shape index (κ1) is 14.1. The van der Waals surface area contributed by atoms with Crippen LogP contribution in [0.2, 0.25) is 0 Å². The van der Waals surface area contributed by atoms with Gasteiger partial charge in [-0.05, 0) is 63.3 Å². The van der Waals surface area contributed by atoms with E-state index >= 15 is 0 Å². The lowest BCUT2D eigenvalue weighted by Gasteiger charge is -2.42. The average molecular weight is 261 g/mol. The SMILES string of the molecule is Cc1cccc(C)c1CN1CCCCC1(C)C(=O)O. The van der Waals surface area contributed by atoms with Crippen molar-refractivity contribution in [1.29, 1.82) is 0 Å². The summed E-state index contributed by atoms with van der Waals surface area (Å²) in [5, 5.41) is 9.54. The number of rotatable bonds is 3. The Morgan fingerprint density at radius 2 is 1.95 bits per heavy atom. The molecule has 0 spiro atoms. The average Bonchev–Trinajstić information content (AvgIpc) is 2.36. The molecule has 0 saturated carbocycles. The Labute approximate surface area is 115 Å². The number of carbonyl (C=O) groups is 1. The molecule has 1 aliphatic heterocycles. The van der Waals surface area contributed by atoms with Crippen molar-refractivity contribution in [3.63, 3.8) is 0 Å². The van der Waals surface area contributed by atoms with Crippen LogP contribution in [-0.2, 0) is 11.3 Å². The Morgan fingerprint density at radius 1 is 1.32 bits per heavy atom. The molecule has 1 heterocycles. The van der Waals surface area contributed by atoms with Crippen molar-refractivity contribution in [3.8, 4) is 0 Å². The Kier molecular flexibility index (Phi) is 3.95. The van der Waals surface area contributed by atoms with E-state index in [4.69, 9.17) is 0 Å². The Balaban J connectivity index is 2.28. The summed E-state index contributed by atoms with van der Waals surface area (Å²) in [5.74, 6) is -0.696. The molecule has 1 N–H and O–H groups in total. The molecule has 3 heteroatoms. The van der Waals surface area contributed by atoms with Crippen molar-refractivity contribution in [2.45, 2.75) is 52.1 Å². The van der Waals surface area contributed by atoms with Crippen LogP contribution in [0.25, 0.3) is 0 Å². The van der Waals surface area contributed by atoms with Crippen LogP contribution < -0.4 is 0 Å². The predicted molar refractivity (Wildman–Crippen MR) is 76.2 cm³/mol. The van der Waals surface area contributed by atoms with Gasteiger partial charge in [-0.15, -0.1) is 0 Å². The number of nitrogens with zero attached hydrogens (tertiary/aromatic N) is 1. The van der Waals surface area contributed by atoms with E-state index in [9.17, 15) is 9.90 Å². The zero-order valence-corrected chi connectivity index (χ0v) is 12.1. The summed E-state index contributed by atoms with van der Waals surface area (Å²) < 4.78 is 0. The first-order valence-electron chi connectivity index (χ1n) is 6.98. The van der Waals surface area contributed by atoms with Crippen molar-refractivity contribution in [2.75, 3.05) is 6.54 Å². The molecule has 0 radical (unpaired) electrons. The van der Waals surface area contributed by atoms with Crippen LogP contribution in [0, 0.1) is 13.8 Å². The van der Waals surface area contributed by atoms with Crippen LogP contribution in [0.4, 0.5) is 0 Å². The minimum absolute atomic E-state index is 0.696. The molecule has 1 fully saturated rings. The summed E-state index contributed by atoms with van der Waals surface area (Å²) in [6.45, 7) is 7.68.